The Hall–Kier alpha value is -2.72. The van der Waals surface area contributed by atoms with Crippen molar-refractivity contribution in [2.75, 3.05) is 19.5 Å². The van der Waals surface area contributed by atoms with Gasteiger partial charge in [0.05, 0.1) is 30.6 Å². The van der Waals surface area contributed by atoms with Gasteiger partial charge in [-0.1, -0.05) is 23.2 Å². The van der Waals surface area contributed by atoms with Gasteiger partial charge in [0, 0.05) is 28.2 Å². The Morgan fingerprint density at radius 2 is 2.00 bits per heavy atom. The third-order valence-electron chi connectivity index (χ3n) is 3.84. The zero-order chi connectivity index (χ0) is 20.1. The number of rotatable bonds is 6. The van der Waals surface area contributed by atoms with Gasteiger partial charge in [0.2, 0.25) is 0 Å². The van der Waals surface area contributed by atoms with Gasteiger partial charge in [0.25, 0.3) is 0 Å². The van der Waals surface area contributed by atoms with Gasteiger partial charge >= 0.3 is 0 Å². The van der Waals surface area contributed by atoms with Gasteiger partial charge in [-0.25, -0.2) is 4.98 Å². The summed E-state index contributed by atoms with van der Waals surface area (Å²) in [5.74, 6) is 1.30. The van der Waals surface area contributed by atoms with Crippen molar-refractivity contribution < 1.29 is 9.47 Å². The molecule has 0 saturated carbocycles. The number of anilines is 1. The van der Waals surface area contributed by atoms with Gasteiger partial charge in [-0.3, -0.25) is 0 Å². The highest BCUT2D eigenvalue weighted by Crippen LogP contribution is 2.33. The molecular weight excluding hydrogens is 417 g/mol. The van der Waals surface area contributed by atoms with Crippen LogP contribution in [0.3, 0.4) is 0 Å². The molecule has 0 aliphatic rings. The molecule has 5 nitrogen and oxygen atoms in total. The van der Waals surface area contributed by atoms with Crippen LogP contribution in [0.25, 0.3) is 16.8 Å². The second-order valence-corrected chi connectivity index (χ2v) is 7.24. The van der Waals surface area contributed by atoms with Crippen molar-refractivity contribution in [1.29, 1.82) is 5.26 Å². The first-order valence-corrected chi connectivity index (χ1v) is 9.69. The number of hydrogen-bond donors (Lipinski definition) is 1. The Kier molecular flexibility index (Phi) is 6.42. The van der Waals surface area contributed by atoms with E-state index in [1.54, 1.807) is 56.8 Å². The Morgan fingerprint density at radius 1 is 1.18 bits per heavy atom. The van der Waals surface area contributed by atoms with E-state index in [0.717, 1.165) is 5.56 Å². The normalized spacial score (nSPS) is 11.0. The van der Waals surface area contributed by atoms with Crippen molar-refractivity contribution in [3.63, 3.8) is 0 Å². The fourth-order valence-electron chi connectivity index (χ4n) is 2.44. The summed E-state index contributed by atoms with van der Waals surface area (Å²) in [6.45, 7) is 0. The number of benzene rings is 2. The molecule has 0 aliphatic heterocycles. The minimum Gasteiger partial charge on any atom is -0.497 e. The number of aromatic nitrogens is 1. The number of halogens is 2. The van der Waals surface area contributed by atoms with E-state index in [9.17, 15) is 5.26 Å². The molecule has 28 heavy (non-hydrogen) atoms. The van der Waals surface area contributed by atoms with Gasteiger partial charge in [0.1, 0.15) is 28.1 Å². The number of methoxy groups -OCH3 is 2. The zero-order valence-corrected chi connectivity index (χ0v) is 17.3. The van der Waals surface area contributed by atoms with Crippen LogP contribution in [-0.4, -0.2) is 19.2 Å². The highest BCUT2D eigenvalue weighted by molar-refractivity contribution is 7.11. The highest BCUT2D eigenvalue weighted by atomic mass is 35.5. The second-order valence-electron chi connectivity index (χ2n) is 5.54. The SMILES string of the molecule is COc1ccc(OC)c(N/C=C(/C#N)c2nc(-c3ccc(Cl)cc3Cl)cs2)c1. The van der Waals surface area contributed by atoms with Crippen LogP contribution < -0.4 is 14.8 Å². The Morgan fingerprint density at radius 3 is 2.68 bits per heavy atom. The van der Waals surface area contributed by atoms with E-state index in [1.807, 2.05) is 5.38 Å². The minimum absolute atomic E-state index is 0.381. The van der Waals surface area contributed by atoms with Crippen molar-refractivity contribution in [3.8, 4) is 28.8 Å². The molecule has 1 heterocycles. The zero-order valence-electron chi connectivity index (χ0n) is 15.0. The third kappa shape index (κ3) is 4.39. The molecule has 0 atom stereocenters. The lowest BCUT2D eigenvalue weighted by molar-refractivity contribution is 0.405. The monoisotopic (exact) mass is 431 g/mol. The van der Waals surface area contributed by atoms with Crippen molar-refractivity contribution in [2.24, 2.45) is 0 Å². The summed E-state index contributed by atoms with van der Waals surface area (Å²) in [4.78, 5) is 4.54. The van der Waals surface area contributed by atoms with Crippen LogP contribution in [0.4, 0.5) is 5.69 Å². The molecule has 0 spiro atoms. The maximum Gasteiger partial charge on any atom is 0.142 e. The number of allylic oxidation sites excluding steroid dienone is 1. The van der Waals surface area contributed by atoms with Crippen molar-refractivity contribution >= 4 is 45.8 Å². The summed E-state index contributed by atoms with van der Waals surface area (Å²) in [6, 6.07) is 12.7. The number of nitriles is 1. The van der Waals surface area contributed by atoms with E-state index in [1.165, 1.54) is 11.3 Å². The molecule has 0 bridgehead atoms. The maximum atomic E-state index is 9.56. The predicted octanol–water partition coefficient (Wildman–Crippen LogP) is 6.11. The molecule has 3 rings (SSSR count). The lowest BCUT2D eigenvalue weighted by atomic mass is 10.2. The summed E-state index contributed by atoms with van der Waals surface area (Å²) < 4.78 is 10.6. The molecule has 142 valence electrons. The van der Waals surface area contributed by atoms with E-state index in [4.69, 9.17) is 32.7 Å². The Labute approximate surface area is 176 Å². The summed E-state index contributed by atoms with van der Waals surface area (Å²) in [5, 5.41) is 16.1. The first kappa shape index (κ1) is 20.0. The van der Waals surface area contributed by atoms with Crippen LogP contribution in [-0.2, 0) is 0 Å². The van der Waals surface area contributed by atoms with E-state index >= 15 is 0 Å². The third-order valence-corrected chi connectivity index (χ3v) is 5.26. The van der Waals surface area contributed by atoms with Gasteiger partial charge in [-0.15, -0.1) is 11.3 Å². The predicted molar refractivity (Wildman–Crippen MR) is 114 cm³/mol. The van der Waals surface area contributed by atoms with Crippen LogP contribution in [0.15, 0.2) is 48.0 Å². The molecular formula is C20H15Cl2N3O2S. The van der Waals surface area contributed by atoms with Crippen LogP contribution in [0.2, 0.25) is 10.0 Å². The van der Waals surface area contributed by atoms with Crippen molar-refractivity contribution in [1.82, 2.24) is 4.98 Å². The minimum atomic E-state index is 0.381. The highest BCUT2D eigenvalue weighted by Gasteiger charge is 2.12. The average molecular weight is 432 g/mol. The molecule has 3 aromatic rings. The molecule has 1 N–H and O–H groups in total. The summed E-state index contributed by atoms with van der Waals surface area (Å²) in [6.07, 6.45) is 1.59. The standard InChI is InChI=1S/C20H15Cl2N3O2S/c1-26-14-4-6-19(27-2)17(8-14)24-10-12(9-23)20-25-18(11-28-20)15-5-3-13(21)7-16(15)22/h3-8,10-11,24H,1-2H3/b12-10-. The lowest BCUT2D eigenvalue weighted by Crippen LogP contribution is -1.96. The molecule has 8 heteroatoms. The quantitative estimate of drug-likeness (QED) is 0.476. The molecule has 1 aromatic heterocycles. The topological polar surface area (TPSA) is 67.2 Å². The Balaban J connectivity index is 1.89. The summed E-state index contributed by atoms with van der Waals surface area (Å²) >= 11 is 13.6. The van der Waals surface area contributed by atoms with E-state index in [2.05, 4.69) is 16.4 Å². The van der Waals surface area contributed by atoms with Crippen LogP contribution in [0.1, 0.15) is 5.01 Å². The first-order valence-electron chi connectivity index (χ1n) is 8.06. The molecule has 0 saturated heterocycles. The van der Waals surface area contributed by atoms with E-state index in [0.29, 0.717) is 43.5 Å². The number of nitrogens with one attached hydrogen (secondary N) is 1. The van der Waals surface area contributed by atoms with Crippen LogP contribution in [0.5, 0.6) is 11.5 Å². The number of thiazole rings is 1. The van der Waals surface area contributed by atoms with Gasteiger partial charge in [0.15, 0.2) is 0 Å². The lowest BCUT2D eigenvalue weighted by Gasteiger charge is -2.10. The summed E-state index contributed by atoms with van der Waals surface area (Å²) in [5.41, 5.74) is 2.49. The van der Waals surface area contributed by atoms with Crippen LogP contribution in [0, 0.1) is 11.3 Å². The second kappa shape index (κ2) is 8.98. The molecule has 0 amide bonds. The van der Waals surface area contributed by atoms with Gasteiger partial charge < -0.3 is 14.8 Å². The van der Waals surface area contributed by atoms with E-state index in [-0.39, 0.29) is 0 Å². The Bertz CT molecular complexity index is 1070. The fourth-order valence-corrected chi connectivity index (χ4v) is 3.73. The first-order chi connectivity index (χ1) is 13.5. The van der Waals surface area contributed by atoms with Crippen molar-refractivity contribution in [2.45, 2.75) is 0 Å². The van der Waals surface area contributed by atoms with Crippen LogP contribution >= 0.6 is 34.5 Å². The molecule has 2 aromatic carbocycles. The largest absolute Gasteiger partial charge is 0.497 e. The van der Waals surface area contributed by atoms with Crippen molar-refractivity contribution in [3.05, 3.63) is 63.0 Å². The number of hydrogen-bond acceptors (Lipinski definition) is 6. The molecule has 0 unspecified atom stereocenters. The van der Waals surface area contributed by atoms with Gasteiger partial charge in [-0.05, 0) is 30.3 Å². The maximum absolute atomic E-state index is 9.56. The number of nitrogens with zero attached hydrogens (tertiary/aromatic N) is 2. The number of ether oxygens (including phenoxy) is 2. The molecule has 0 radical (unpaired) electrons. The fraction of sp³-hybridized carbons (Fsp3) is 0.100. The van der Waals surface area contributed by atoms with Gasteiger partial charge in [-0.2, -0.15) is 5.26 Å². The molecule has 0 fully saturated rings. The smallest absolute Gasteiger partial charge is 0.142 e. The summed E-state index contributed by atoms with van der Waals surface area (Å²) in [7, 11) is 3.16. The molecule has 0 aliphatic carbocycles. The van der Waals surface area contributed by atoms with E-state index < -0.39 is 0 Å². The average Bonchev–Trinajstić information content (AvgIpc) is 3.18.